The van der Waals surface area contributed by atoms with E-state index in [0.29, 0.717) is 6.54 Å². The molecule has 0 aliphatic rings. The molecular formula is C8H14N6O4. The summed E-state index contributed by atoms with van der Waals surface area (Å²) < 4.78 is 5.00. The Labute approximate surface area is 102 Å². The number of nitro groups is 1. The van der Waals surface area contributed by atoms with Crippen molar-refractivity contribution in [3.05, 3.63) is 16.3 Å². The third-order valence-electron chi connectivity index (χ3n) is 1.87. The van der Waals surface area contributed by atoms with E-state index < -0.39 is 4.92 Å². The number of hydrazine groups is 1. The van der Waals surface area contributed by atoms with Gasteiger partial charge in [0.15, 0.2) is 0 Å². The number of hydrogen-bond donors (Lipinski definition) is 4. The number of anilines is 2. The fraction of sp³-hybridized carbons (Fsp3) is 0.500. The molecule has 0 aliphatic carbocycles. The molecule has 0 radical (unpaired) electrons. The number of nitrogens with two attached hydrogens (primary N) is 1. The van der Waals surface area contributed by atoms with Gasteiger partial charge in [-0.05, 0) is 0 Å². The van der Waals surface area contributed by atoms with Crippen molar-refractivity contribution < 1.29 is 14.8 Å². The van der Waals surface area contributed by atoms with E-state index in [0.717, 1.165) is 6.20 Å². The Bertz CT molecular complexity index is 401. The number of aliphatic hydroxyl groups excluding tert-OH is 1. The molecule has 0 saturated carbocycles. The van der Waals surface area contributed by atoms with Crippen molar-refractivity contribution >= 4 is 17.5 Å². The van der Waals surface area contributed by atoms with Crippen LogP contribution in [0.1, 0.15) is 0 Å². The number of nitrogens with one attached hydrogen (secondary N) is 2. The zero-order chi connectivity index (χ0) is 13.4. The molecule has 1 rings (SSSR count). The molecule has 1 aromatic heterocycles. The number of rotatable bonds is 8. The first-order chi connectivity index (χ1) is 8.69. The quantitative estimate of drug-likeness (QED) is 0.201. The normalized spacial score (nSPS) is 10.1. The Morgan fingerprint density at radius 2 is 2.33 bits per heavy atom. The van der Waals surface area contributed by atoms with Crippen LogP contribution in [0, 0.1) is 10.1 Å². The highest BCUT2D eigenvalue weighted by molar-refractivity contribution is 5.56. The van der Waals surface area contributed by atoms with Crippen LogP contribution in [0.2, 0.25) is 0 Å². The molecule has 1 heterocycles. The van der Waals surface area contributed by atoms with Crippen molar-refractivity contribution in [2.45, 2.75) is 0 Å². The van der Waals surface area contributed by atoms with Gasteiger partial charge in [0.2, 0.25) is 11.8 Å². The van der Waals surface area contributed by atoms with Gasteiger partial charge in [0, 0.05) is 6.54 Å². The van der Waals surface area contributed by atoms with E-state index in [9.17, 15) is 10.1 Å². The molecule has 0 unspecified atom stereocenters. The minimum Gasteiger partial charge on any atom is -0.394 e. The molecule has 0 aliphatic heterocycles. The second-order valence-electron chi connectivity index (χ2n) is 3.09. The summed E-state index contributed by atoms with van der Waals surface area (Å²) in [6.45, 7) is 0.729. The fourth-order valence-corrected chi connectivity index (χ4v) is 1.12. The Balaban J connectivity index is 2.63. The van der Waals surface area contributed by atoms with Gasteiger partial charge in [-0.25, -0.2) is 10.8 Å². The highest BCUT2D eigenvalue weighted by Gasteiger charge is 2.16. The smallest absolute Gasteiger partial charge is 0.329 e. The maximum absolute atomic E-state index is 10.7. The first-order valence-corrected chi connectivity index (χ1v) is 5.09. The Kier molecular flexibility index (Phi) is 5.70. The molecule has 0 spiro atoms. The van der Waals surface area contributed by atoms with Crippen molar-refractivity contribution in [1.29, 1.82) is 0 Å². The average Bonchev–Trinajstić information content (AvgIpc) is 2.38. The van der Waals surface area contributed by atoms with Crippen LogP contribution < -0.4 is 16.6 Å². The number of nitrogens with zero attached hydrogens (tertiary/aromatic N) is 3. The summed E-state index contributed by atoms with van der Waals surface area (Å²) in [7, 11) is 0. The molecule has 5 N–H and O–H groups in total. The standard InChI is InChI=1S/C8H14N6O4/c9-13-8-11-5-6(14(16)17)7(12-8)10-1-3-18-4-2-15/h5,15H,1-4,9H2,(H2,10,11,12,13). The van der Waals surface area contributed by atoms with Gasteiger partial charge in [0.05, 0.1) is 24.7 Å². The van der Waals surface area contributed by atoms with E-state index in [-0.39, 0.29) is 37.3 Å². The summed E-state index contributed by atoms with van der Waals surface area (Å²) in [5, 5.41) is 21.9. The number of ether oxygens (including phenoxy) is 1. The van der Waals surface area contributed by atoms with Gasteiger partial charge in [0.25, 0.3) is 0 Å². The predicted molar refractivity (Wildman–Crippen MR) is 62.9 cm³/mol. The van der Waals surface area contributed by atoms with Crippen LogP contribution in [0.5, 0.6) is 0 Å². The third kappa shape index (κ3) is 4.08. The van der Waals surface area contributed by atoms with E-state index in [4.69, 9.17) is 15.7 Å². The summed E-state index contributed by atoms with van der Waals surface area (Å²) in [4.78, 5) is 17.6. The third-order valence-corrected chi connectivity index (χ3v) is 1.87. The molecule has 0 fully saturated rings. The lowest BCUT2D eigenvalue weighted by molar-refractivity contribution is -0.384. The van der Waals surface area contributed by atoms with Gasteiger partial charge >= 0.3 is 5.69 Å². The first kappa shape index (κ1) is 14.0. The molecule has 18 heavy (non-hydrogen) atoms. The highest BCUT2D eigenvalue weighted by atomic mass is 16.6. The molecule has 100 valence electrons. The van der Waals surface area contributed by atoms with E-state index >= 15 is 0 Å². The second kappa shape index (κ2) is 7.32. The van der Waals surface area contributed by atoms with Crippen molar-refractivity contribution in [2.24, 2.45) is 5.84 Å². The SMILES string of the molecule is NNc1ncc([N+](=O)[O-])c(NCCOCCO)n1. The molecule has 10 heteroatoms. The molecule has 0 atom stereocenters. The minimum absolute atomic E-state index is 0.0514. The van der Waals surface area contributed by atoms with Crippen LogP contribution in [-0.2, 0) is 4.74 Å². The molecule has 0 aromatic carbocycles. The summed E-state index contributed by atoms with van der Waals surface area (Å²) in [6, 6.07) is 0. The fourth-order valence-electron chi connectivity index (χ4n) is 1.12. The maximum atomic E-state index is 10.7. The maximum Gasteiger partial charge on any atom is 0.329 e. The number of hydrogen-bond acceptors (Lipinski definition) is 9. The lowest BCUT2D eigenvalue weighted by Crippen LogP contribution is -2.16. The monoisotopic (exact) mass is 258 g/mol. The van der Waals surface area contributed by atoms with Crippen molar-refractivity contribution in [3.63, 3.8) is 0 Å². The zero-order valence-corrected chi connectivity index (χ0v) is 9.50. The van der Waals surface area contributed by atoms with Gasteiger partial charge in [0.1, 0.15) is 6.20 Å². The summed E-state index contributed by atoms with van der Waals surface area (Å²) in [5.74, 6) is 5.23. The van der Waals surface area contributed by atoms with Crippen LogP contribution in [-0.4, -0.2) is 46.4 Å². The number of nitrogen functional groups attached to an aromatic ring is 1. The van der Waals surface area contributed by atoms with Gasteiger partial charge in [-0.15, -0.1) is 0 Å². The Hall–Kier alpha value is -2.04. The van der Waals surface area contributed by atoms with Crippen LogP contribution in [0.3, 0.4) is 0 Å². The highest BCUT2D eigenvalue weighted by Crippen LogP contribution is 2.21. The number of aromatic nitrogens is 2. The van der Waals surface area contributed by atoms with Crippen molar-refractivity contribution in [1.82, 2.24) is 9.97 Å². The lowest BCUT2D eigenvalue weighted by Gasteiger charge is -2.07. The molecule has 0 saturated heterocycles. The average molecular weight is 258 g/mol. The van der Waals surface area contributed by atoms with E-state index in [2.05, 4.69) is 20.7 Å². The van der Waals surface area contributed by atoms with Gasteiger partial charge < -0.3 is 15.2 Å². The first-order valence-electron chi connectivity index (χ1n) is 5.09. The van der Waals surface area contributed by atoms with Crippen LogP contribution in [0.25, 0.3) is 0 Å². The van der Waals surface area contributed by atoms with Gasteiger partial charge in [-0.3, -0.25) is 15.5 Å². The molecular weight excluding hydrogens is 244 g/mol. The molecule has 1 aromatic rings. The van der Waals surface area contributed by atoms with Crippen LogP contribution in [0.15, 0.2) is 6.20 Å². The van der Waals surface area contributed by atoms with E-state index in [1.807, 2.05) is 0 Å². The van der Waals surface area contributed by atoms with Crippen molar-refractivity contribution in [2.75, 3.05) is 37.1 Å². The van der Waals surface area contributed by atoms with E-state index in [1.54, 1.807) is 0 Å². The Morgan fingerprint density at radius 1 is 1.56 bits per heavy atom. The predicted octanol–water partition coefficient (Wildman–Crippen LogP) is -0.909. The topological polar surface area (TPSA) is 148 Å². The van der Waals surface area contributed by atoms with Gasteiger partial charge in [-0.2, -0.15) is 4.98 Å². The zero-order valence-electron chi connectivity index (χ0n) is 9.50. The van der Waals surface area contributed by atoms with Crippen molar-refractivity contribution in [3.8, 4) is 0 Å². The molecule has 0 amide bonds. The Morgan fingerprint density at radius 3 is 2.94 bits per heavy atom. The van der Waals surface area contributed by atoms with Gasteiger partial charge in [-0.1, -0.05) is 0 Å². The summed E-state index contributed by atoms with van der Waals surface area (Å²) >= 11 is 0. The van der Waals surface area contributed by atoms with Crippen LogP contribution in [0.4, 0.5) is 17.5 Å². The number of aliphatic hydroxyl groups is 1. The molecule has 0 bridgehead atoms. The summed E-state index contributed by atoms with van der Waals surface area (Å²) in [6.07, 6.45) is 1.05. The molecule has 10 nitrogen and oxygen atoms in total. The minimum atomic E-state index is -0.600. The second-order valence-corrected chi connectivity index (χ2v) is 3.09. The van der Waals surface area contributed by atoms with E-state index in [1.165, 1.54) is 0 Å². The van der Waals surface area contributed by atoms with Crippen LogP contribution >= 0.6 is 0 Å². The largest absolute Gasteiger partial charge is 0.394 e. The lowest BCUT2D eigenvalue weighted by atomic mass is 10.4. The summed E-state index contributed by atoms with van der Waals surface area (Å²) in [5.41, 5.74) is 1.94.